The van der Waals surface area contributed by atoms with Crippen LogP contribution in [0.15, 0.2) is 24.3 Å². The zero-order chi connectivity index (χ0) is 15.4. The summed E-state index contributed by atoms with van der Waals surface area (Å²) in [5, 5.41) is 2.16. The fraction of sp³-hybridized carbons (Fsp3) is 0.588. The van der Waals surface area contributed by atoms with E-state index in [1.54, 1.807) is 0 Å². The molecule has 0 saturated carbocycles. The maximum atomic E-state index is 12.5. The van der Waals surface area contributed by atoms with Crippen molar-refractivity contribution < 1.29 is 4.79 Å². The number of likely N-dealkylation sites (N-methyl/N-ethyl adjacent to an activating group) is 1. The highest BCUT2D eigenvalue weighted by molar-refractivity contribution is 5.99. The molecule has 1 aliphatic rings. The van der Waals surface area contributed by atoms with Gasteiger partial charge in [-0.2, -0.15) is 0 Å². The van der Waals surface area contributed by atoms with Crippen LogP contribution < -0.4 is 5.43 Å². The molecule has 0 amide bonds. The fourth-order valence-electron chi connectivity index (χ4n) is 2.55. The van der Waals surface area contributed by atoms with Crippen molar-refractivity contribution in [3.63, 3.8) is 0 Å². The molecule has 1 fully saturated rings. The van der Waals surface area contributed by atoms with E-state index in [1.165, 1.54) is 5.56 Å². The number of hydrogen-bond acceptors (Lipinski definition) is 4. The van der Waals surface area contributed by atoms with Crippen molar-refractivity contribution in [2.75, 3.05) is 33.2 Å². The monoisotopic (exact) mass is 289 g/mol. The Bertz CT molecular complexity index is 461. The molecule has 1 aromatic carbocycles. The third kappa shape index (κ3) is 4.37. The number of ketones is 1. The van der Waals surface area contributed by atoms with Gasteiger partial charge in [-0.05, 0) is 25.5 Å². The largest absolute Gasteiger partial charge is 0.304 e. The lowest BCUT2D eigenvalue weighted by Gasteiger charge is -2.34. The third-order valence-electron chi connectivity index (χ3n) is 4.13. The molecule has 1 saturated heterocycles. The van der Waals surface area contributed by atoms with Crippen LogP contribution in [0.4, 0.5) is 0 Å². The number of benzene rings is 1. The van der Waals surface area contributed by atoms with Crippen LogP contribution in [0, 0.1) is 0 Å². The van der Waals surface area contributed by atoms with Crippen LogP contribution in [0.2, 0.25) is 0 Å². The number of carbonyl (C=O) groups excluding carboxylic acids is 1. The van der Waals surface area contributed by atoms with Gasteiger partial charge in [0, 0.05) is 31.7 Å². The molecule has 21 heavy (non-hydrogen) atoms. The molecule has 0 aromatic heterocycles. The Morgan fingerprint density at radius 2 is 1.62 bits per heavy atom. The number of piperazine rings is 1. The minimum Gasteiger partial charge on any atom is -0.304 e. The number of hydrogen-bond donors (Lipinski definition) is 1. The second-order valence-electron chi connectivity index (χ2n) is 6.28. The molecule has 1 unspecified atom stereocenters. The standard InChI is InChI=1S/C17H27N3O/c1-13(2)15-5-7-16(8-6-15)17(21)14(3)18-20-11-9-19(4)10-12-20/h5-8,13-14,18H,9-12H2,1-4H3. The van der Waals surface area contributed by atoms with Gasteiger partial charge in [0.1, 0.15) is 0 Å². The fourth-order valence-corrected chi connectivity index (χ4v) is 2.55. The molecule has 0 aliphatic carbocycles. The first-order valence-corrected chi connectivity index (χ1v) is 7.81. The van der Waals surface area contributed by atoms with E-state index in [2.05, 4.69) is 48.4 Å². The van der Waals surface area contributed by atoms with E-state index in [1.807, 2.05) is 19.1 Å². The van der Waals surface area contributed by atoms with Crippen molar-refractivity contribution in [2.45, 2.75) is 32.7 Å². The van der Waals surface area contributed by atoms with Crippen molar-refractivity contribution in [1.82, 2.24) is 15.3 Å². The van der Waals surface area contributed by atoms with E-state index in [-0.39, 0.29) is 11.8 Å². The molecule has 4 nitrogen and oxygen atoms in total. The summed E-state index contributed by atoms with van der Waals surface area (Å²) >= 11 is 0. The molecule has 0 bridgehead atoms. The van der Waals surface area contributed by atoms with Gasteiger partial charge in [0.25, 0.3) is 0 Å². The van der Waals surface area contributed by atoms with Gasteiger partial charge in [0.2, 0.25) is 0 Å². The zero-order valence-electron chi connectivity index (χ0n) is 13.6. The molecule has 0 spiro atoms. The van der Waals surface area contributed by atoms with E-state index in [0.717, 1.165) is 31.7 Å². The van der Waals surface area contributed by atoms with Crippen LogP contribution in [-0.4, -0.2) is 55.0 Å². The van der Waals surface area contributed by atoms with Gasteiger partial charge in [0.15, 0.2) is 5.78 Å². The quantitative estimate of drug-likeness (QED) is 0.842. The van der Waals surface area contributed by atoms with Crippen molar-refractivity contribution in [3.05, 3.63) is 35.4 Å². The Labute approximate surface area is 128 Å². The van der Waals surface area contributed by atoms with Crippen LogP contribution >= 0.6 is 0 Å². The summed E-state index contributed by atoms with van der Waals surface area (Å²) in [5.74, 6) is 0.652. The van der Waals surface area contributed by atoms with Crippen LogP contribution in [0.1, 0.15) is 42.6 Å². The van der Waals surface area contributed by atoms with E-state index >= 15 is 0 Å². The summed E-state index contributed by atoms with van der Waals surface area (Å²) in [4.78, 5) is 14.8. The Morgan fingerprint density at radius 3 is 2.14 bits per heavy atom. The third-order valence-corrected chi connectivity index (χ3v) is 4.13. The number of hydrazine groups is 1. The average molecular weight is 289 g/mol. The molecule has 1 aromatic rings. The van der Waals surface area contributed by atoms with E-state index < -0.39 is 0 Å². The van der Waals surface area contributed by atoms with Gasteiger partial charge in [-0.25, -0.2) is 10.4 Å². The average Bonchev–Trinajstić information content (AvgIpc) is 2.49. The molecular formula is C17H27N3O. The summed E-state index contributed by atoms with van der Waals surface area (Å²) in [6.07, 6.45) is 0. The SMILES string of the molecule is CC(NN1CCN(C)CC1)C(=O)c1ccc(C(C)C)cc1. The maximum absolute atomic E-state index is 12.5. The van der Waals surface area contributed by atoms with Gasteiger partial charge >= 0.3 is 0 Å². The summed E-state index contributed by atoms with van der Waals surface area (Å²) < 4.78 is 0. The minimum atomic E-state index is -0.182. The van der Waals surface area contributed by atoms with E-state index in [0.29, 0.717) is 5.92 Å². The van der Waals surface area contributed by atoms with Gasteiger partial charge in [0.05, 0.1) is 6.04 Å². The van der Waals surface area contributed by atoms with Crippen LogP contribution in [0.3, 0.4) is 0 Å². The first-order valence-electron chi connectivity index (χ1n) is 7.81. The van der Waals surface area contributed by atoms with Gasteiger partial charge in [-0.15, -0.1) is 0 Å². The van der Waals surface area contributed by atoms with Crippen LogP contribution in [0.25, 0.3) is 0 Å². The summed E-state index contributed by atoms with van der Waals surface area (Å²) in [6.45, 7) is 10.3. The lowest BCUT2D eigenvalue weighted by molar-refractivity contribution is 0.0718. The normalized spacial score (nSPS) is 18.9. The smallest absolute Gasteiger partial charge is 0.180 e. The molecule has 1 heterocycles. The van der Waals surface area contributed by atoms with Gasteiger partial charge < -0.3 is 4.90 Å². The predicted molar refractivity (Wildman–Crippen MR) is 86.5 cm³/mol. The van der Waals surface area contributed by atoms with Crippen molar-refractivity contribution in [1.29, 1.82) is 0 Å². The molecule has 1 N–H and O–H groups in total. The Morgan fingerprint density at radius 1 is 1.05 bits per heavy atom. The van der Waals surface area contributed by atoms with Gasteiger partial charge in [-0.3, -0.25) is 4.79 Å². The summed E-state index contributed by atoms with van der Waals surface area (Å²) in [7, 11) is 2.13. The van der Waals surface area contributed by atoms with Crippen LogP contribution in [-0.2, 0) is 0 Å². The Hall–Kier alpha value is -1.23. The Kier molecular flexibility index (Phi) is 5.51. The van der Waals surface area contributed by atoms with E-state index in [9.17, 15) is 4.79 Å². The number of rotatable bonds is 5. The number of nitrogens with zero attached hydrogens (tertiary/aromatic N) is 2. The highest BCUT2D eigenvalue weighted by Gasteiger charge is 2.20. The summed E-state index contributed by atoms with van der Waals surface area (Å²) in [5.41, 5.74) is 5.39. The topological polar surface area (TPSA) is 35.6 Å². The van der Waals surface area contributed by atoms with Crippen molar-refractivity contribution in [3.8, 4) is 0 Å². The Balaban J connectivity index is 1.92. The van der Waals surface area contributed by atoms with Crippen molar-refractivity contribution >= 4 is 5.78 Å². The molecule has 4 heteroatoms. The molecule has 2 rings (SSSR count). The lowest BCUT2D eigenvalue weighted by atomic mass is 9.99. The molecule has 116 valence electrons. The summed E-state index contributed by atoms with van der Waals surface area (Å²) in [6, 6.07) is 7.82. The highest BCUT2D eigenvalue weighted by atomic mass is 16.1. The van der Waals surface area contributed by atoms with Crippen molar-refractivity contribution in [2.24, 2.45) is 0 Å². The zero-order valence-corrected chi connectivity index (χ0v) is 13.6. The maximum Gasteiger partial charge on any atom is 0.180 e. The second-order valence-corrected chi connectivity index (χ2v) is 6.28. The lowest BCUT2D eigenvalue weighted by Crippen LogP contribution is -2.54. The first-order chi connectivity index (χ1) is 9.97. The number of carbonyl (C=O) groups is 1. The van der Waals surface area contributed by atoms with E-state index in [4.69, 9.17) is 0 Å². The highest BCUT2D eigenvalue weighted by Crippen LogP contribution is 2.15. The van der Waals surface area contributed by atoms with Gasteiger partial charge in [-0.1, -0.05) is 38.1 Å². The first kappa shape index (κ1) is 16.1. The number of nitrogens with one attached hydrogen (secondary N) is 1. The second kappa shape index (κ2) is 7.16. The molecule has 0 radical (unpaired) electrons. The van der Waals surface area contributed by atoms with Crippen LogP contribution in [0.5, 0.6) is 0 Å². The molecular weight excluding hydrogens is 262 g/mol. The number of Topliss-reactive ketones (excluding diaryl/α,β-unsaturated/α-hetero) is 1. The minimum absolute atomic E-state index is 0.157. The molecule has 1 atom stereocenters. The molecule has 1 aliphatic heterocycles. The predicted octanol–water partition coefficient (Wildman–Crippen LogP) is 2.13.